The van der Waals surface area contributed by atoms with Crippen LogP contribution in [0.25, 0.3) is 0 Å². The lowest BCUT2D eigenvalue weighted by molar-refractivity contribution is -0.120. The second-order valence-electron chi connectivity index (χ2n) is 4.93. The number of nitrogens with one attached hydrogen (secondary N) is 3. The van der Waals surface area contributed by atoms with E-state index in [2.05, 4.69) is 15.4 Å². The smallest absolute Gasteiger partial charge is 0.251 e. The molecule has 1 aromatic rings. The Balaban J connectivity index is 2.67. The van der Waals surface area contributed by atoms with Crippen molar-refractivity contribution in [2.45, 2.75) is 31.7 Å². The Kier molecular flexibility index (Phi) is 6.51. The summed E-state index contributed by atoms with van der Waals surface area (Å²) in [5.74, 6) is -0.721. The normalized spacial score (nSPS) is 11.3. The highest BCUT2D eigenvalue weighted by atomic mass is 32.2. The molecule has 1 rings (SSSR count). The van der Waals surface area contributed by atoms with E-state index in [4.69, 9.17) is 0 Å². The number of hydrogen-bond donors (Lipinski definition) is 3. The summed E-state index contributed by atoms with van der Waals surface area (Å²) in [4.78, 5) is 23.4. The highest BCUT2D eigenvalue weighted by Gasteiger charge is 2.14. The molecule has 0 saturated carbocycles. The number of sulfonamides is 1. The lowest BCUT2D eigenvalue weighted by Gasteiger charge is -2.09. The van der Waals surface area contributed by atoms with Gasteiger partial charge in [0.05, 0.1) is 11.4 Å². The quantitative estimate of drug-likeness (QED) is 0.667. The van der Waals surface area contributed by atoms with Crippen LogP contribution in [0.15, 0.2) is 29.2 Å². The molecule has 1 aromatic carbocycles. The molecule has 122 valence electrons. The molecule has 0 atom stereocenters. The number of rotatable bonds is 7. The number of amides is 2. The third-order valence-corrected chi connectivity index (χ3v) is 4.18. The van der Waals surface area contributed by atoms with Crippen molar-refractivity contribution in [1.29, 1.82) is 0 Å². The first-order valence-corrected chi connectivity index (χ1v) is 8.42. The van der Waals surface area contributed by atoms with E-state index >= 15 is 0 Å². The zero-order valence-corrected chi connectivity index (χ0v) is 13.7. The molecule has 8 heteroatoms. The fraction of sp³-hybridized carbons (Fsp3) is 0.429. The lowest BCUT2D eigenvalue weighted by Crippen LogP contribution is -2.39. The molecule has 0 fully saturated rings. The standard InChI is InChI=1S/C14H21N3O4S/c1-4-16-22(20,21)12-7-5-11(6-8-12)14(19)15-9-13(18)17-10(2)3/h5-8,10,16H,4,9H2,1-3H3,(H,15,19)(H,17,18). The van der Waals surface area contributed by atoms with Gasteiger partial charge in [0.15, 0.2) is 0 Å². The minimum absolute atomic E-state index is 0.0000391. The summed E-state index contributed by atoms with van der Waals surface area (Å²) < 4.78 is 25.9. The van der Waals surface area contributed by atoms with Crippen LogP contribution in [-0.4, -0.2) is 39.4 Å². The van der Waals surface area contributed by atoms with Crippen molar-refractivity contribution in [2.24, 2.45) is 0 Å². The predicted molar refractivity (Wildman–Crippen MR) is 82.9 cm³/mol. The average Bonchev–Trinajstić information content (AvgIpc) is 2.44. The molecule has 0 saturated heterocycles. The summed E-state index contributed by atoms with van der Waals surface area (Å²) in [5.41, 5.74) is 0.285. The first kappa shape index (κ1) is 18.1. The molecule has 0 aromatic heterocycles. The summed E-state index contributed by atoms with van der Waals surface area (Å²) >= 11 is 0. The molecule has 0 aliphatic carbocycles. The van der Waals surface area contributed by atoms with Crippen LogP contribution in [0.3, 0.4) is 0 Å². The fourth-order valence-electron chi connectivity index (χ4n) is 1.69. The molecule has 2 amide bonds. The van der Waals surface area contributed by atoms with Crippen molar-refractivity contribution in [3.63, 3.8) is 0 Å². The Hall–Kier alpha value is -1.93. The van der Waals surface area contributed by atoms with Crippen LogP contribution in [-0.2, 0) is 14.8 Å². The molecule has 0 bridgehead atoms. The molecule has 0 radical (unpaired) electrons. The van der Waals surface area contributed by atoms with Crippen LogP contribution in [0.2, 0.25) is 0 Å². The molecular weight excluding hydrogens is 306 g/mol. The summed E-state index contributed by atoms with van der Waals surface area (Å²) in [6.07, 6.45) is 0. The van der Waals surface area contributed by atoms with Gasteiger partial charge in [-0.25, -0.2) is 13.1 Å². The number of carbonyl (C=O) groups excluding carboxylic acids is 2. The zero-order valence-electron chi connectivity index (χ0n) is 12.8. The number of carbonyl (C=O) groups is 2. The highest BCUT2D eigenvalue weighted by Crippen LogP contribution is 2.10. The fourth-order valence-corrected chi connectivity index (χ4v) is 2.74. The largest absolute Gasteiger partial charge is 0.352 e. The van der Waals surface area contributed by atoms with Crippen molar-refractivity contribution < 1.29 is 18.0 Å². The van der Waals surface area contributed by atoms with Gasteiger partial charge in [0, 0.05) is 18.2 Å². The third kappa shape index (κ3) is 5.45. The van der Waals surface area contributed by atoms with E-state index in [1.807, 2.05) is 13.8 Å². The molecule has 0 heterocycles. The molecule has 0 spiro atoms. The summed E-state index contributed by atoms with van der Waals surface area (Å²) in [6.45, 7) is 5.48. The summed E-state index contributed by atoms with van der Waals surface area (Å²) in [5, 5.41) is 5.12. The van der Waals surface area contributed by atoms with Gasteiger partial charge in [0.2, 0.25) is 15.9 Å². The Bertz CT molecular complexity index is 624. The van der Waals surface area contributed by atoms with Crippen molar-refractivity contribution >= 4 is 21.8 Å². The number of benzene rings is 1. The van der Waals surface area contributed by atoms with Gasteiger partial charge >= 0.3 is 0 Å². The Morgan fingerprint density at radius 3 is 2.23 bits per heavy atom. The first-order chi connectivity index (χ1) is 10.3. The van der Waals surface area contributed by atoms with Gasteiger partial charge in [-0.05, 0) is 38.1 Å². The zero-order chi connectivity index (χ0) is 16.8. The van der Waals surface area contributed by atoms with Crippen LogP contribution in [0.5, 0.6) is 0 Å². The molecular formula is C14H21N3O4S. The lowest BCUT2D eigenvalue weighted by atomic mass is 10.2. The number of hydrogen-bond acceptors (Lipinski definition) is 4. The Labute approximate surface area is 130 Å². The van der Waals surface area contributed by atoms with Gasteiger partial charge in [-0.1, -0.05) is 6.92 Å². The van der Waals surface area contributed by atoms with Crippen molar-refractivity contribution in [1.82, 2.24) is 15.4 Å². The van der Waals surface area contributed by atoms with E-state index in [-0.39, 0.29) is 35.5 Å². The van der Waals surface area contributed by atoms with Gasteiger partial charge in [0.25, 0.3) is 5.91 Å². The maximum absolute atomic E-state index is 11.9. The van der Waals surface area contributed by atoms with Gasteiger partial charge in [-0.15, -0.1) is 0 Å². The minimum Gasteiger partial charge on any atom is -0.352 e. The van der Waals surface area contributed by atoms with Gasteiger partial charge in [-0.2, -0.15) is 0 Å². The van der Waals surface area contributed by atoms with Crippen LogP contribution < -0.4 is 15.4 Å². The monoisotopic (exact) mass is 327 g/mol. The van der Waals surface area contributed by atoms with Crippen LogP contribution in [0, 0.1) is 0 Å². The average molecular weight is 327 g/mol. The van der Waals surface area contributed by atoms with E-state index in [0.717, 1.165) is 0 Å². The molecule has 0 aliphatic heterocycles. The van der Waals surface area contributed by atoms with E-state index in [0.29, 0.717) is 0 Å². The van der Waals surface area contributed by atoms with Crippen molar-refractivity contribution in [3.05, 3.63) is 29.8 Å². The SMILES string of the molecule is CCNS(=O)(=O)c1ccc(C(=O)NCC(=O)NC(C)C)cc1. The van der Waals surface area contributed by atoms with Crippen molar-refractivity contribution in [2.75, 3.05) is 13.1 Å². The van der Waals surface area contributed by atoms with Crippen molar-refractivity contribution in [3.8, 4) is 0 Å². The van der Waals surface area contributed by atoms with E-state index in [9.17, 15) is 18.0 Å². The molecule has 22 heavy (non-hydrogen) atoms. The van der Waals surface area contributed by atoms with Crippen LogP contribution >= 0.6 is 0 Å². The summed E-state index contributed by atoms with van der Waals surface area (Å²) in [6, 6.07) is 5.50. The van der Waals surface area contributed by atoms with E-state index in [1.165, 1.54) is 24.3 Å². The first-order valence-electron chi connectivity index (χ1n) is 6.93. The molecule has 0 aliphatic rings. The van der Waals surface area contributed by atoms with E-state index in [1.54, 1.807) is 6.92 Å². The maximum Gasteiger partial charge on any atom is 0.251 e. The summed E-state index contributed by atoms with van der Waals surface area (Å²) in [7, 11) is -3.54. The van der Waals surface area contributed by atoms with Gasteiger partial charge in [-0.3, -0.25) is 9.59 Å². The molecule has 7 nitrogen and oxygen atoms in total. The van der Waals surface area contributed by atoms with Gasteiger partial charge < -0.3 is 10.6 Å². The highest BCUT2D eigenvalue weighted by molar-refractivity contribution is 7.89. The van der Waals surface area contributed by atoms with E-state index < -0.39 is 15.9 Å². The molecule has 3 N–H and O–H groups in total. The van der Waals surface area contributed by atoms with Crippen LogP contribution in [0.4, 0.5) is 0 Å². The molecule has 0 unspecified atom stereocenters. The predicted octanol–water partition coefficient (Wildman–Crippen LogP) is 0.239. The Morgan fingerprint density at radius 2 is 1.73 bits per heavy atom. The van der Waals surface area contributed by atoms with Gasteiger partial charge in [0.1, 0.15) is 0 Å². The van der Waals surface area contributed by atoms with Crippen LogP contribution in [0.1, 0.15) is 31.1 Å². The third-order valence-electron chi connectivity index (χ3n) is 2.62. The second kappa shape index (κ2) is 7.90. The Morgan fingerprint density at radius 1 is 1.14 bits per heavy atom. The topological polar surface area (TPSA) is 104 Å². The maximum atomic E-state index is 11.9. The second-order valence-corrected chi connectivity index (χ2v) is 6.70. The minimum atomic E-state index is -3.54.